The molecule has 0 bridgehead atoms. The van der Waals surface area contributed by atoms with Crippen molar-refractivity contribution in [2.45, 2.75) is 32.7 Å². The smallest absolute Gasteiger partial charge is 0.254 e. The fraction of sp³-hybridized carbons (Fsp3) is 0.333. The van der Waals surface area contributed by atoms with E-state index in [1.807, 2.05) is 41.1 Å². The Morgan fingerprint density at radius 1 is 1.00 bits per heavy atom. The molecule has 34 heavy (non-hydrogen) atoms. The molecule has 0 aliphatic carbocycles. The van der Waals surface area contributed by atoms with Crippen LogP contribution in [0, 0.1) is 0 Å². The van der Waals surface area contributed by atoms with Crippen LogP contribution in [0.1, 0.15) is 32.0 Å². The van der Waals surface area contributed by atoms with Crippen LogP contribution in [0.5, 0.6) is 0 Å². The quantitative estimate of drug-likeness (QED) is 0.463. The van der Waals surface area contributed by atoms with Crippen LogP contribution in [0.3, 0.4) is 0 Å². The predicted octanol–water partition coefficient (Wildman–Crippen LogP) is 4.46. The van der Waals surface area contributed by atoms with Crippen molar-refractivity contribution in [3.8, 4) is 5.69 Å². The van der Waals surface area contributed by atoms with Crippen LogP contribution in [0.2, 0.25) is 0 Å². The van der Waals surface area contributed by atoms with Crippen molar-refractivity contribution in [1.82, 2.24) is 14.8 Å². The van der Waals surface area contributed by atoms with Crippen molar-refractivity contribution in [2.75, 3.05) is 36.5 Å². The molecular formula is C27H31N5O2. The summed E-state index contributed by atoms with van der Waals surface area (Å²) in [7, 11) is 0. The standard InChI is InChI=1S/C27H31N5O2/c1-27(2,3)24-23-17-19(26(33)29-25(23)32(30-24)22-7-5-4-6-8-22)18-28-20-9-11-21(12-10-20)31-13-15-34-16-14-31/h4-12,17,28H,13-16,18H2,1-3H3,(H,29,33). The minimum atomic E-state index is -0.170. The van der Waals surface area contributed by atoms with E-state index in [0.29, 0.717) is 12.1 Å². The number of pyridine rings is 1. The van der Waals surface area contributed by atoms with E-state index in [0.717, 1.165) is 54.4 Å². The van der Waals surface area contributed by atoms with Gasteiger partial charge in [-0.3, -0.25) is 4.79 Å². The Labute approximate surface area is 199 Å². The van der Waals surface area contributed by atoms with Crippen molar-refractivity contribution in [3.63, 3.8) is 0 Å². The monoisotopic (exact) mass is 457 g/mol. The van der Waals surface area contributed by atoms with E-state index in [1.165, 1.54) is 5.69 Å². The third kappa shape index (κ3) is 4.43. The molecule has 2 aromatic carbocycles. The first-order valence-corrected chi connectivity index (χ1v) is 11.8. The van der Waals surface area contributed by atoms with Crippen molar-refractivity contribution in [2.24, 2.45) is 0 Å². The molecule has 0 saturated carbocycles. The van der Waals surface area contributed by atoms with E-state index < -0.39 is 0 Å². The highest BCUT2D eigenvalue weighted by atomic mass is 16.5. The molecule has 0 atom stereocenters. The number of aromatic nitrogens is 3. The summed E-state index contributed by atoms with van der Waals surface area (Å²) in [5.41, 5.74) is 5.17. The fourth-order valence-corrected chi connectivity index (χ4v) is 4.36. The van der Waals surface area contributed by atoms with Crippen molar-refractivity contribution < 1.29 is 4.74 Å². The highest BCUT2D eigenvalue weighted by Crippen LogP contribution is 2.30. The number of nitrogens with one attached hydrogen (secondary N) is 2. The van der Waals surface area contributed by atoms with Gasteiger partial charge in [0.05, 0.1) is 24.6 Å². The molecule has 0 amide bonds. The number of hydrogen-bond donors (Lipinski definition) is 2. The fourth-order valence-electron chi connectivity index (χ4n) is 4.36. The SMILES string of the molecule is CC(C)(C)c1nn(-c2ccccc2)c2[nH]c(=O)c(CNc3ccc(N4CCOCC4)cc3)cc12. The first-order valence-electron chi connectivity index (χ1n) is 11.8. The van der Waals surface area contributed by atoms with Gasteiger partial charge in [0.15, 0.2) is 0 Å². The maximum Gasteiger partial charge on any atom is 0.254 e. The summed E-state index contributed by atoms with van der Waals surface area (Å²) in [6.07, 6.45) is 0. The summed E-state index contributed by atoms with van der Waals surface area (Å²) in [5, 5.41) is 9.27. The lowest BCUT2D eigenvalue weighted by Crippen LogP contribution is -2.36. The number of rotatable bonds is 5. The largest absolute Gasteiger partial charge is 0.381 e. The minimum absolute atomic E-state index is 0.109. The Morgan fingerprint density at radius 3 is 2.38 bits per heavy atom. The number of benzene rings is 2. The van der Waals surface area contributed by atoms with Gasteiger partial charge in [0.2, 0.25) is 0 Å². The summed E-state index contributed by atoms with van der Waals surface area (Å²) in [6.45, 7) is 10.2. The Morgan fingerprint density at radius 2 is 1.71 bits per heavy atom. The third-order valence-electron chi connectivity index (χ3n) is 6.20. The van der Waals surface area contributed by atoms with E-state index in [2.05, 4.69) is 60.2 Å². The molecule has 1 fully saturated rings. The van der Waals surface area contributed by atoms with Gasteiger partial charge in [0.25, 0.3) is 5.56 Å². The molecule has 7 heteroatoms. The Balaban J connectivity index is 1.43. The molecule has 0 unspecified atom stereocenters. The second-order valence-electron chi connectivity index (χ2n) is 9.73. The molecule has 0 spiro atoms. The summed E-state index contributed by atoms with van der Waals surface area (Å²) >= 11 is 0. The van der Waals surface area contributed by atoms with Crippen molar-refractivity contribution >= 4 is 22.4 Å². The summed E-state index contributed by atoms with van der Waals surface area (Å²) in [4.78, 5) is 18.4. The van der Waals surface area contributed by atoms with Crippen LogP contribution in [-0.2, 0) is 16.7 Å². The van der Waals surface area contributed by atoms with Gasteiger partial charge >= 0.3 is 0 Å². The van der Waals surface area contributed by atoms with Gasteiger partial charge < -0.3 is 19.9 Å². The highest BCUT2D eigenvalue weighted by molar-refractivity contribution is 5.81. The van der Waals surface area contributed by atoms with Gasteiger partial charge in [-0.15, -0.1) is 0 Å². The maximum absolute atomic E-state index is 13.0. The average molecular weight is 458 g/mol. The minimum Gasteiger partial charge on any atom is -0.381 e. The van der Waals surface area contributed by atoms with Crippen LogP contribution in [0.4, 0.5) is 11.4 Å². The number of fused-ring (bicyclic) bond motifs is 1. The van der Waals surface area contributed by atoms with Crippen LogP contribution in [0.25, 0.3) is 16.7 Å². The zero-order valence-corrected chi connectivity index (χ0v) is 20.0. The molecule has 1 saturated heterocycles. The van der Waals surface area contributed by atoms with Gasteiger partial charge in [0.1, 0.15) is 5.65 Å². The number of ether oxygens (including phenoxy) is 1. The summed E-state index contributed by atoms with van der Waals surface area (Å²) < 4.78 is 7.27. The second kappa shape index (κ2) is 8.99. The molecular weight excluding hydrogens is 426 g/mol. The molecule has 0 radical (unpaired) electrons. The number of morpholine rings is 1. The predicted molar refractivity (Wildman–Crippen MR) is 137 cm³/mol. The molecule has 5 rings (SSSR count). The maximum atomic E-state index is 13.0. The number of anilines is 2. The average Bonchev–Trinajstić information content (AvgIpc) is 3.23. The number of H-pyrrole nitrogens is 1. The van der Waals surface area contributed by atoms with Crippen LogP contribution in [0.15, 0.2) is 65.5 Å². The molecule has 176 valence electrons. The lowest BCUT2D eigenvalue weighted by atomic mass is 9.90. The van der Waals surface area contributed by atoms with E-state index in [9.17, 15) is 4.79 Å². The van der Waals surface area contributed by atoms with E-state index in [1.54, 1.807) is 0 Å². The number of hydrogen-bond acceptors (Lipinski definition) is 5. The number of para-hydroxylation sites is 1. The zero-order chi connectivity index (χ0) is 23.7. The Hall–Kier alpha value is -3.58. The van der Waals surface area contributed by atoms with Gasteiger partial charge in [-0.1, -0.05) is 39.0 Å². The first-order chi connectivity index (χ1) is 16.4. The number of nitrogens with zero attached hydrogens (tertiary/aromatic N) is 3. The number of aromatic amines is 1. The normalized spacial score (nSPS) is 14.5. The van der Waals surface area contributed by atoms with E-state index in [-0.39, 0.29) is 11.0 Å². The van der Waals surface area contributed by atoms with Crippen molar-refractivity contribution in [1.29, 1.82) is 0 Å². The molecule has 7 nitrogen and oxygen atoms in total. The Bertz CT molecular complexity index is 1330. The molecule has 1 aliphatic rings. The van der Waals surface area contributed by atoms with Gasteiger partial charge in [-0.25, -0.2) is 4.68 Å². The molecule has 2 aromatic heterocycles. The summed E-state index contributed by atoms with van der Waals surface area (Å²) in [5.74, 6) is 0. The van der Waals surface area contributed by atoms with Gasteiger partial charge in [-0.2, -0.15) is 5.10 Å². The topological polar surface area (TPSA) is 75.2 Å². The second-order valence-corrected chi connectivity index (χ2v) is 9.73. The van der Waals surface area contributed by atoms with Gasteiger partial charge in [0, 0.05) is 47.4 Å². The summed E-state index contributed by atoms with van der Waals surface area (Å²) in [6, 6.07) is 20.2. The van der Waals surface area contributed by atoms with E-state index >= 15 is 0 Å². The highest BCUT2D eigenvalue weighted by Gasteiger charge is 2.24. The van der Waals surface area contributed by atoms with Gasteiger partial charge in [-0.05, 0) is 42.5 Å². The lowest BCUT2D eigenvalue weighted by molar-refractivity contribution is 0.122. The van der Waals surface area contributed by atoms with Crippen molar-refractivity contribution in [3.05, 3.63) is 82.3 Å². The van der Waals surface area contributed by atoms with Crippen LogP contribution in [-0.4, -0.2) is 41.1 Å². The zero-order valence-electron chi connectivity index (χ0n) is 20.0. The molecule has 1 aliphatic heterocycles. The molecule has 2 N–H and O–H groups in total. The van der Waals surface area contributed by atoms with Crippen LogP contribution >= 0.6 is 0 Å². The molecule has 3 heterocycles. The Kier molecular flexibility index (Phi) is 5.87. The van der Waals surface area contributed by atoms with Crippen LogP contribution < -0.4 is 15.8 Å². The third-order valence-corrected chi connectivity index (χ3v) is 6.20. The lowest BCUT2D eigenvalue weighted by Gasteiger charge is -2.28. The van der Waals surface area contributed by atoms with E-state index in [4.69, 9.17) is 9.84 Å². The first kappa shape index (κ1) is 22.2. The molecule has 4 aromatic rings.